The fourth-order valence-electron chi connectivity index (χ4n) is 4.58. The van der Waals surface area contributed by atoms with Crippen molar-refractivity contribution in [1.82, 2.24) is 0 Å². The van der Waals surface area contributed by atoms with E-state index in [0.29, 0.717) is 12.2 Å². The summed E-state index contributed by atoms with van der Waals surface area (Å²) in [6, 6.07) is 1.98. The second-order valence-electron chi connectivity index (χ2n) is 8.20. The molecule has 0 unspecified atom stereocenters. The quantitative estimate of drug-likeness (QED) is 0.367. The highest BCUT2D eigenvalue weighted by Crippen LogP contribution is 2.49. The number of rotatable bonds is 7. The molecule has 1 aromatic rings. The van der Waals surface area contributed by atoms with Crippen molar-refractivity contribution in [3.05, 3.63) is 28.3 Å². The molecule has 27 heavy (non-hydrogen) atoms. The van der Waals surface area contributed by atoms with Gasteiger partial charge in [-0.3, -0.25) is 9.59 Å². The van der Waals surface area contributed by atoms with Crippen LogP contribution in [0.15, 0.2) is 6.07 Å². The molecule has 1 aliphatic carbocycles. The Kier molecular flexibility index (Phi) is 6.23. The molecule has 1 aliphatic heterocycles. The van der Waals surface area contributed by atoms with E-state index in [-0.39, 0.29) is 29.9 Å². The van der Waals surface area contributed by atoms with Gasteiger partial charge in [0, 0.05) is 17.9 Å². The summed E-state index contributed by atoms with van der Waals surface area (Å²) >= 11 is 0. The molecule has 148 valence electrons. The van der Waals surface area contributed by atoms with Crippen molar-refractivity contribution in [3.8, 4) is 5.75 Å². The number of hydrogen-bond donors (Lipinski definition) is 0. The van der Waals surface area contributed by atoms with E-state index in [1.165, 1.54) is 24.8 Å². The Morgan fingerprint density at radius 1 is 1.22 bits per heavy atom. The van der Waals surface area contributed by atoms with Gasteiger partial charge in [0.05, 0.1) is 5.92 Å². The largest absolute Gasteiger partial charge is 0.457 e. The van der Waals surface area contributed by atoms with Crippen molar-refractivity contribution in [2.75, 3.05) is 0 Å². The van der Waals surface area contributed by atoms with E-state index >= 15 is 0 Å². The fourth-order valence-corrected chi connectivity index (χ4v) is 4.58. The van der Waals surface area contributed by atoms with Gasteiger partial charge in [-0.1, -0.05) is 39.5 Å². The lowest BCUT2D eigenvalue weighted by Gasteiger charge is -2.31. The molecule has 2 aliphatic rings. The Labute approximate surface area is 162 Å². The standard InChI is InChI=1S/C23H32O4/c1-5-6-7-8-9-10-20(24)26-19-13-14(2)17-11-12-18-15(3)23(25)27-22(18)21(17)16(19)4/h13,15,18,22H,5-12H2,1-4H3/t15-,18-,22+/m0/s1. The van der Waals surface area contributed by atoms with Crippen LogP contribution in [0.3, 0.4) is 0 Å². The predicted octanol–water partition coefficient (Wildman–Crippen LogP) is 5.37. The third kappa shape index (κ3) is 4.04. The van der Waals surface area contributed by atoms with Gasteiger partial charge >= 0.3 is 11.9 Å². The van der Waals surface area contributed by atoms with Crippen LogP contribution in [0.1, 0.15) is 87.2 Å². The fraction of sp³-hybridized carbons (Fsp3) is 0.652. The summed E-state index contributed by atoms with van der Waals surface area (Å²) in [5.41, 5.74) is 4.41. The monoisotopic (exact) mass is 372 g/mol. The summed E-state index contributed by atoms with van der Waals surface area (Å²) in [4.78, 5) is 24.4. The summed E-state index contributed by atoms with van der Waals surface area (Å²) in [5, 5.41) is 0. The van der Waals surface area contributed by atoms with Gasteiger partial charge in [-0.25, -0.2) is 0 Å². The van der Waals surface area contributed by atoms with Crippen molar-refractivity contribution in [1.29, 1.82) is 0 Å². The number of hydrogen-bond acceptors (Lipinski definition) is 4. The number of fused-ring (bicyclic) bond motifs is 3. The van der Waals surface area contributed by atoms with E-state index in [1.54, 1.807) is 0 Å². The van der Waals surface area contributed by atoms with E-state index in [0.717, 1.165) is 42.4 Å². The molecular weight excluding hydrogens is 340 g/mol. The lowest BCUT2D eigenvalue weighted by atomic mass is 9.74. The van der Waals surface area contributed by atoms with Crippen LogP contribution in [0, 0.1) is 25.7 Å². The number of carbonyl (C=O) groups is 2. The number of aryl methyl sites for hydroxylation is 1. The Balaban J connectivity index is 1.75. The second kappa shape index (κ2) is 8.45. The van der Waals surface area contributed by atoms with Gasteiger partial charge in [0.15, 0.2) is 0 Å². The Morgan fingerprint density at radius 2 is 1.96 bits per heavy atom. The van der Waals surface area contributed by atoms with E-state index in [4.69, 9.17) is 9.47 Å². The summed E-state index contributed by atoms with van der Waals surface area (Å²) < 4.78 is 11.4. The zero-order chi connectivity index (χ0) is 19.6. The molecule has 1 aromatic carbocycles. The van der Waals surface area contributed by atoms with Crippen LogP contribution in [0.25, 0.3) is 0 Å². The van der Waals surface area contributed by atoms with Gasteiger partial charge in [-0.15, -0.1) is 0 Å². The van der Waals surface area contributed by atoms with E-state index in [9.17, 15) is 9.59 Å². The highest BCUT2D eigenvalue weighted by molar-refractivity contribution is 5.76. The Hall–Kier alpha value is -1.84. The van der Waals surface area contributed by atoms with Crippen LogP contribution in [-0.4, -0.2) is 11.9 Å². The molecule has 0 spiro atoms. The highest BCUT2D eigenvalue weighted by Gasteiger charge is 2.46. The maximum Gasteiger partial charge on any atom is 0.311 e. The SMILES string of the molecule is CCCCCCCC(=O)Oc1cc(C)c2c(c1C)[C@@H]1OC(=O)[C@@H](C)[C@@H]1CC2. The first kappa shape index (κ1) is 19.9. The van der Waals surface area contributed by atoms with Crippen LogP contribution in [0.5, 0.6) is 5.75 Å². The van der Waals surface area contributed by atoms with Crippen molar-refractivity contribution >= 4 is 11.9 Å². The molecule has 1 fully saturated rings. The van der Waals surface area contributed by atoms with Gasteiger partial charge in [-0.05, 0) is 55.9 Å². The summed E-state index contributed by atoms with van der Waals surface area (Å²) in [6.45, 7) is 8.19. The third-order valence-electron chi connectivity index (χ3n) is 6.29. The third-order valence-corrected chi connectivity index (χ3v) is 6.29. The van der Waals surface area contributed by atoms with Gasteiger partial charge in [-0.2, -0.15) is 0 Å². The molecule has 0 N–H and O–H groups in total. The molecule has 0 amide bonds. The maximum atomic E-state index is 12.3. The molecule has 4 heteroatoms. The van der Waals surface area contributed by atoms with Crippen molar-refractivity contribution in [2.45, 2.75) is 85.2 Å². The number of carbonyl (C=O) groups excluding carboxylic acids is 2. The van der Waals surface area contributed by atoms with Crippen LogP contribution in [-0.2, 0) is 20.7 Å². The van der Waals surface area contributed by atoms with E-state index < -0.39 is 0 Å². The zero-order valence-corrected chi connectivity index (χ0v) is 17.1. The average Bonchev–Trinajstić information content (AvgIpc) is 2.93. The average molecular weight is 373 g/mol. The number of ether oxygens (including phenoxy) is 2. The minimum Gasteiger partial charge on any atom is -0.457 e. The topological polar surface area (TPSA) is 52.6 Å². The van der Waals surface area contributed by atoms with Gasteiger partial charge in [0.2, 0.25) is 0 Å². The van der Waals surface area contributed by atoms with Crippen LogP contribution < -0.4 is 4.74 Å². The Bertz CT molecular complexity index is 722. The van der Waals surface area contributed by atoms with Gasteiger partial charge in [0.1, 0.15) is 11.9 Å². The summed E-state index contributed by atoms with van der Waals surface area (Å²) in [6.07, 6.45) is 7.73. The van der Waals surface area contributed by atoms with Crippen LogP contribution in [0.2, 0.25) is 0 Å². The van der Waals surface area contributed by atoms with Crippen LogP contribution >= 0.6 is 0 Å². The molecule has 0 bridgehead atoms. The Morgan fingerprint density at radius 3 is 2.70 bits per heavy atom. The first-order valence-corrected chi connectivity index (χ1v) is 10.5. The number of unbranched alkanes of at least 4 members (excludes halogenated alkanes) is 4. The normalized spacial score (nSPS) is 23.6. The maximum absolute atomic E-state index is 12.3. The van der Waals surface area contributed by atoms with Gasteiger partial charge in [0.25, 0.3) is 0 Å². The molecule has 4 nitrogen and oxygen atoms in total. The highest BCUT2D eigenvalue weighted by atomic mass is 16.6. The van der Waals surface area contributed by atoms with Crippen molar-refractivity contribution in [3.63, 3.8) is 0 Å². The predicted molar refractivity (Wildman–Crippen MR) is 105 cm³/mol. The summed E-state index contributed by atoms with van der Waals surface area (Å²) in [5.74, 6) is 0.522. The van der Waals surface area contributed by atoms with Gasteiger partial charge < -0.3 is 9.47 Å². The molecule has 0 aromatic heterocycles. The lowest BCUT2D eigenvalue weighted by Crippen LogP contribution is -2.23. The molecule has 1 saturated heterocycles. The molecule has 1 heterocycles. The second-order valence-corrected chi connectivity index (χ2v) is 8.20. The smallest absolute Gasteiger partial charge is 0.311 e. The van der Waals surface area contributed by atoms with E-state index in [2.05, 4.69) is 13.8 Å². The van der Waals surface area contributed by atoms with Crippen LogP contribution in [0.4, 0.5) is 0 Å². The minimum atomic E-state index is -0.192. The minimum absolute atomic E-state index is 0.0582. The molecule has 3 atom stereocenters. The lowest BCUT2D eigenvalue weighted by molar-refractivity contribution is -0.144. The summed E-state index contributed by atoms with van der Waals surface area (Å²) in [7, 11) is 0. The number of esters is 2. The number of benzene rings is 1. The molecular formula is C23H32O4. The zero-order valence-electron chi connectivity index (χ0n) is 17.1. The van der Waals surface area contributed by atoms with Crippen molar-refractivity contribution in [2.24, 2.45) is 11.8 Å². The first-order valence-electron chi connectivity index (χ1n) is 10.5. The van der Waals surface area contributed by atoms with Crippen molar-refractivity contribution < 1.29 is 19.1 Å². The van der Waals surface area contributed by atoms with E-state index in [1.807, 2.05) is 19.9 Å². The molecule has 0 radical (unpaired) electrons. The first-order chi connectivity index (χ1) is 12.9. The molecule has 3 rings (SSSR count). The molecule has 0 saturated carbocycles.